The van der Waals surface area contributed by atoms with Gasteiger partial charge in [0.2, 0.25) is 0 Å². The molecule has 5 heteroatoms. The number of carbonyl (C=O) groups is 1. The molecule has 2 bridgehead atoms. The second-order valence-electron chi connectivity index (χ2n) is 9.82. The number of hydrogen-bond acceptors (Lipinski definition) is 4. The van der Waals surface area contributed by atoms with E-state index in [2.05, 4.69) is 6.92 Å². The van der Waals surface area contributed by atoms with E-state index in [0.29, 0.717) is 18.4 Å². The highest BCUT2D eigenvalue weighted by atomic mass is 16.6. The van der Waals surface area contributed by atoms with Crippen LogP contribution in [0.3, 0.4) is 0 Å². The van der Waals surface area contributed by atoms with Gasteiger partial charge in [-0.1, -0.05) is 6.92 Å². The van der Waals surface area contributed by atoms with Crippen LogP contribution in [0.4, 0.5) is 4.79 Å². The zero-order valence-electron chi connectivity index (χ0n) is 16.3. The second kappa shape index (κ2) is 6.41. The molecule has 25 heavy (non-hydrogen) atoms. The van der Waals surface area contributed by atoms with Crippen molar-refractivity contribution in [2.75, 3.05) is 13.2 Å². The number of hydrogen-bond donors (Lipinski definition) is 2. The Hall–Kier alpha value is -0.810. The van der Waals surface area contributed by atoms with Crippen LogP contribution in [0.15, 0.2) is 0 Å². The van der Waals surface area contributed by atoms with Gasteiger partial charge >= 0.3 is 6.09 Å². The summed E-state index contributed by atoms with van der Waals surface area (Å²) in [5.74, 6) is 0.965. The van der Waals surface area contributed by atoms with Crippen molar-refractivity contribution in [3.8, 4) is 0 Å². The third-order valence-electron chi connectivity index (χ3n) is 6.91. The van der Waals surface area contributed by atoms with Gasteiger partial charge in [0, 0.05) is 18.0 Å². The molecule has 0 aromatic heterocycles. The number of carbonyl (C=O) groups excluding carboxylic acids is 1. The fourth-order valence-corrected chi connectivity index (χ4v) is 5.52. The molecule has 4 rings (SSSR count). The third-order valence-corrected chi connectivity index (χ3v) is 6.91. The zero-order chi connectivity index (χ0) is 18.5. The predicted octanol–water partition coefficient (Wildman–Crippen LogP) is 3.33. The Morgan fingerprint density at radius 2 is 1.84 bits per heavy atom. The molecule has 2 N–H and O–H groups in total. The fraction of sp³-hybridized carbons (Fsp3) is 0.950. The largest absolute Gasteiger partial charge is 0.444 e. The summed E-state index contributed by atoms with van der Waals surface area (Å²) in [7, 11) is 0. The number of nitrogens with zero attached hydrogens (tertiary/aromatic N) is 1. The molecule has 144 valence electrons. The summed E-state index contributed by atoms with van der Waals surface area (Å²) in [4.78, 5) is 14.6. The van der Waals surface area contributed by atoms with E-state index in [1.807, 2.05) is 25.7 Å². The van der Waals surface area contributed by atoms with Gasteiger partial charge in [-0.3, -0.25) is 0 Å². The Labute approximate surface area is 151 Å². The van der Waals surface area contributed by atoms with Crippen LogP contribution >= 0.6 is 0 Å². The van der Waals surface area contributed by atoms with Crippen LogP contribution in [0, 0.1) is 17.3 Å². The zero-order valence-corrected chi connectivity index (χ0v) is 16.3. The van der Waals surface area contributed by atoms with Crippen molar-refractivity contribution in [1.29, 1.82) is 0 Å². The predicted molar refractivity (Wildman–Crippen MR) is 96.2 cm³/mol. The number of fused-ring (bicyclic) bond motifs is 3. The molecule has 5 nitrogen and oxygen atoms in total. The maximum atomic E-state index is 12.8. The van der Waals surface area contributed by atoms with Crippen molar-refractivity contribution in [3.63, 3.8) is 0 Å². The summed E-state index contributed by atoms with van der Waals surface area (Å²) in [6.45, 7) is 8.49. The van der Waals surface area contributed by atoms with E-state index < -0.39 is 16.6 Å². The second-order valence-corrected chi connectivity index (χ2v) is 9.82. The summed E-state index contributed by atoms with van der Waals surface area (Å²) in [5.41, 5.74) is -2.02. The van der Waals surface area contributed by atoms with Crippen molar-refractivity contribution in [2.24, 2.45) is 17.3 Å². The normalized spacial score (nSPS) is 41.7. The smallest absolute Gasteiger partial charge is 0.410 e. The van der Waals surface area contributed by atoms with E-state index in [1.54, 1.807) is 0 Å². The lowest BCUT2D eigenvalue weighted by Gasteiger charge is -2.62. The van der Waals surface area contributed by atoms with Gasteiger partial charge in [-0.2, -0.15) is 0 Å². The summed E-state index contributed by atoms with van der Waals surface area (Å²) < 4.78 is 5.63. The summed E-state index contributed by atoms with van der Waals surface area (Å²) in [6.07, 6.45) is 5.86. The van der Waals surface area contributed by atoms with Crippen molar-refractivity contribution in [1.82, 2.24) is 4.90 Å². The molecular weight excluding hydrogens is 318 g/mol. The Morgan fingerprint density at radius 3 is 2.36 bits per heavy atom. The van der Waals surface area contributed by atoms with Crippen LogP contribution in [0.1, 0.15) is 72.6 Å². The molecule has 2 saturated carbocycles. The van der Waals surface area contributed by atoms with Crippen LogP contribution in [0.5, 0.6) is 0 Å². The molecule has 4 aliphatic rings. The van der Waals surface area contributed by atoms with E-state index in [-0.39, 0.29) is 18.7 Å². The van der Waals surface area contributed by atoms with Gasteiger partial charge in [0.1, 0.15) is 5.60 Å². The summed E-state index contributed by atoms with van der Waals surface area (Å²) in [6, 6.07) is -0.129. The first-order valence-electron chi connectivity index (χ1n) is 9.93. The molecular formula is C20H35NO4. The average molecular weight is 354 g/mol. The van der Waals surface area contributed by atoms with E-state index >= 15 is 0 Å². The quantitative estimate of drug-likeness (QED) is 0.799. The monoisotopic (exact) mass is 353 g/mol. The Balaban J connectivity index is 1.88. The fourth-order valence-electron chi connectivity index (χ4n) is 5.52. The lowest BCUT2D eigenvalue weighted by molar-refractivity contribution is -0.208. The van der Waals surface area contributed by atoms with Crippen molar-refractivity contribution in [2.45, 2.75) is 89.9 Å². The van der Waals surface area contributed by atoms with Crippen LogP contribution in [-0.4, -0.2) is 51.6 Å². The third kappa shape index (κ3) is 3.30. The number of piperidine rings is 2. The van der Waals surface area contributed by atoms with Crippen molar-refractivity contribution >= 4 is 6.09 Å². The Morgan fingerprint density at radius 1 is 1.20 bits per heavy atom. The first-order chi connectivity index (χ1) is 11.6. The Bertz CT molecular complexity index is 506. The van der Waals surface area contributed by atoms with Gasteiger partial charge in [-0.05, 0) is 77.6 Å². The van der Waals surface area contributed by atoms with Crippen LogP contribution in [0.25, 0.3) is 0 Å². The standard InChI is InChI=1S/C20H35NO4/c1-14-7-9-20(24,10-8-14)19(13-22)11-15-5-6-16(19)21(12-15)17(23)25-18(2,3)4/h14-16,22,24H,5-13H2,1-4H3. The lowest BCUT2D eigenvalue weighted by Crippen LogP contribution is -2.70. The van der Waals surface area contributed by atoms with Crippen molar-refractivity contribution in [3.05, 3.63) is 0 Å². The van der Waals surface area contributed by atoms with Gasteiger partial charge in [0.15, 0.2) is 0 Å². The number of aliphatic hydroxyl groups is 2. The number of amides is 1. The number of aliphatic hydroxyl groups excluding tert-OH is 1. The molecule has 2 saturated heterocycles. The molecule has 0 aromatic carbocycles. The van der Waals surface area contributed by atoms with Gasteiger partial charge in [0.05, 0.1) is 12.2 Å². The Kier molecular flexibility index (Phi) is 4.87. The van der Waals surface area contributed by atoms with E-state index in [0.717, 1.165) is 44.9 Å². The molecule has 0 spiro atoms. The highest BCUT2D eigenvalue weighted by molar-refractivity contribution is 5.69. The van der Waals surface area contributed by atoms with E-state index in [1.165, 1.54) is 0 Å². The van der Waals surface area contributed by atoms with E-state index in [4.69, 9.17) is 4.74 Å². The minimum atomic E-state index is -0.877. The van der Waals surface area contributed by atoms with Gasteiger partial charge in [0.25, 0.3) is 0 Å². The van der Waals surface area contributed by atoms with Crippen LogP contribution in [0.2, 0.25) is 0 Å². The molecule has 1 amide bonds. The molecule has 0 aromatic rings. The van der Waals surface area contributed by atoms with Crippen molar-refractivity contribution < 1.29 is 19.7 Å². The van der Waals surface area contributed by atoms with Crippen LogP contribution in [-0.2, 0) is 4.74 Å². The van der Waals surface area contributed by atoms with Gasteiger partial charge < -0.3 is 19.8 Å². The molecule has 2 heterocycles. The highest BCUT2D eigenvalue weighted by Gasteiger charge is 2.62. The summed E-state index contributed by atoms with van der Waals surface area (Å²) in [5, 5.41) is 22.0. The molecule has 2 aliphatic heterocycles. The molecule has 3 unspecified atom stereocenters. The average Bonchev–Trinajstić information content (AvgIpc) is 2.56. The SMILES string of the molecule is CC1CCC(O)(C2(CO)CC3CCC2N(C(=O)OC(C)(C)C)C3)CC1. The number of ether oxygens (including phenoxy) is 1. The van der Waals surface area contributed by atoms with Gasteiger partial charge in [-0.25, -0.2) is 4.79 Å². The molecule has 4 fully saturated rings. The number of rotatable bonds is 2. The van der Waals surface area contributed by atoms with E-state index in [9.17, 15) is 15.0 Å². The first-order valence-corrected chi connectivity index (χ1v) is 9.93. The lowest BCUT2D eigenvalue weighted by atomic mass is 9.52. The molecule has 2 aliphatic carbocycles. The maximum Gasteiger partial charge on any atom is 0.410 e. The first kappa shape index (κ1) is 19.0. The van der Waals surface area contributed by atoms with Crippen LogP contribution < -0.4 is 0 Å². The minimum absolute atomic E-state index is 0.0572. The minimum Gasteiger partial charge on any atom is -0.444 e. The topological polar surface area (TPSA) is 70.0 Å². The van der Waals surface area contributed by atoms with Gasteiger partial charge in [-0.15, -0.1) is 0 Å². The molecule has 3 atom stereocenters. The highest BCUT2D eigenvalue weighted by Crippen LogP contribution is 2.57. The molecule has 0 radical (unpaired) electrons. The maximum absolute atomic E-state index is 12.8. The summed E-state index contributed by atoms with van der Waals surface area (Å²) >= 11 is 0.